The number of piperidine rings is 1. The molecule has 0 spiro atoms. The zero-order valence-corrected chi connectivity index (χ0v) is 11.7. The SMILES string of the molecule is CC1CCCN(C(=O)c2ccc(F)cn2)C1CN.Cl. The molecule has 1 saturated heterocycles. The molecule has 0 radical (unpaired) electrons. The third-order valence-electron chi connectivity index (χ3n) is 3.56. The summed E-state index contributed by atoms with van der Waals surface area (Å²) in [5.41, 5.74) is 6.03. The second kappa shape index (κ2) is 6.82. The molecule has 2 atom stereocenters. The molecule has 1 aliphatic heterocycles. The molecule has 2 N–H and O–H groups in total. The molecule has 0 saturated carbocycles. The van der Waals surface area contributed by atoms with Crippen LogP contribution in [0.4, 0.5) is 4.39 Å². The zero-order valence-electron chi connectivity index (χ0n) is 10.9. The second-order valence-corrected chi connectivity index (χ2v) is 4.78. The van der Waals surface area contributed by atoms with E-state index in [-0.39, 0.29) is 30.0 Å². The molecule has 1 fully saturated rings. The van der Waals surface area contributed by atoms with E-state index in [0.717, 1.165) is 19.0 Å². The molecule has 2 heterocycles. The number of likely N-dealkylation sites (tertiary alicyclic amines) is 1. The number of carbonyl (C=O) groups excluding carboxylic acids is 1. The Kier molecular flexibility index (Phi) is 5.69. The number of aromatic nitrogens is 1. The topological polar surface area (TPSA) is 59.2 Å². The largest absolute Gasteiger partial charge is 0.333 e. The van der Waals surface area contributed by atoms with E-state index in [1.54, 1.807) is 4.90 Å². The van der Waals surface area contributed by atoms with E-state index in [1.807, 2.05) is 0 Å². The molecule has 106 valence electrons. The first-order valence-corrected chi connectivity index (χ1v) is 6.26. The standard InChI is InChI=1S/C13H18FN3O.ClH/c1-9-3-2-6-17(12(9)7-15)13(18)11-5-4-10(14)8-16-11;/h4-5,8-9,12H,2-3,6-7,15H2,1H3;1H. The van der Waals surface area contributed by atoms with Gasteiger partial charge in [0.1, 0.15) is 11.5 Å². The fraction of sp³-hybridized carbons (Fsp3) is 0.538. The highest BCUT2D eigenvalue weighted by molar-refractivity contribution is 5.92. The van der Waals surface area contributed by atoms with Crippen LogP contribution in [-0.2, 0) is 0 Å². The Bertz CT molecular complexity index is 426. The predicted molar refractivity (Wildman–Crippen MR) is 73.7 cm³/mol. The van der Waals surface area contributed by atoms with Crippen molar-refractivity contribution in [2.45, 2.75) is 25.8 Å². The van der Waals surface area contributed by atoms with Crippen molar-refractivity contribution >= 4 is 18.3 Å². The van der Waals surface area contributed by atoms with Gasteiger partial charge in [-0.15, -0.1) is 12.4 Å². The molecule has 1 aliphatic rings. The Hall–Kier alpha value is -1.20. The van der Waals surface area contributed by atoms with Crippen LogP contribution in [0.2, 0.25) is 0 Å². The van der Waals surface area contributed by atoms with Gasteiger partial charge in [-0.2, -0.15) is 0 Å². The van der Waals surface area contributed by atoms with Gasteiger partial charge in [0.25, 0.3) is 5.91 Å². The highest BCUT2D eigenvalue weighted by atomic mass is 35.5. The van der Waals surface area contributed by atoms with Crippen molar-refractivity contribution < 1.29 is 9.18 Å². The minimum Gasteiger partial charge on any atom is -0.333 e. The molecule has 1 aromatic rings. The summed E-state index contributed by atoms with van der Waals surface area (Å²) in [6, 6.07) is 2.73. The summed E-state index contributed by atoms with van der Waals surface area (Å²) in [6.45, 7) is 3.26. The van der Waals surface area contributed by atoms with Crippen molar-refractivity contribution in [3.05, 3.63) is 29.8 Å². The fourth-order valence-corrected chi connectivity index (χ4v) is 2.51. The normalized spacial score (nSPS) is 22.8. The van der Waals surface area contributed by atoms with Gasteiger partial charge < -0.3 is 10.6 Å². The van der Waals surface area contributed by atoms with E-state index in [4.69, 9.17) is 5.73 Å². The van der Waals surface area contributed by atoms with Gasteiger partial charge in [-0.25, -0.2) is 9.37 Å². The van der Waals surface area contributed by atoms with E-state index in [2.05, 4.69) is 11.9 Å². The summed E-state index contributed by atoms with van der Waals surface area (Å²) in [5.74, 6) is -0.195. The van der Waals surface area contributed by atoms with Gasteiger partial charge in [0.05, 0.1) is 6.20 Å². The number of rotatable bonds is 2. The monoisotopic (exact) mass is 287 g/mol. The maximum absolute atomic E-state index is 12.8. The first-order chi connectivity index (χ1) is 8.63. The zero-order chi connectivity index (χ0) is 13.1. The lowest BCUT2D eigenvalue weighted by atomic mass is 9.90. The number of pyridine rings is 1. The van der Waals surface area contributed by atoms with E-state index in [0.29, 0.717) is 19.0 Å². The minimum atomic E-state index is -0.436. The van der Waals surface area contributed by atoms with Crippen molar-refractivity contribution in [1.82, 2.24) is 9.88 Å². The number of amides is 1. The first kappa shape index (κ1) is 15.9. The van der Waals surface area contributed by atoms with Crippen LogP contribution in [0.15, 0.2) is 18.3 Å². The van der Waals surface area contributed by atoms with Crippen molar-refractivity contribution in [3.8, 4) is 0 Å². The van der Waals surface area contributed by atoms with Gasteiger partial charge in [-0.3, -0.25) is 4.79 Å². The summed E-state index contributed by atoms with van der Waals surface area (Å²) in [4.78, 5) is 17.9. The minimum absolute atomic E-state index is 0. The summed E-state index contributed by atoms with van der Waals surface area (Å²) >= 11 is 0. The Morgan fingerprint density at radius 2 is 2.32 bits per heavy atom. The maximum atomic E-state index is 12.8. The molecule has 2 rings (SSSR count). The summed E-state index contributed by atoms with van der Waals surface area (Å²) in [7, 11) is 0. The Labute approximate surface area is 118 Å². The Morgan fingerprint density at radius 3 is 2.89 bits per heavy atom. The second-order valence-electron chi connectivity index (χ2n) is 4.78. The lowest BCUT2D eigenvalue weighted by Gasteiger charge is -2.39. The number of hydrogen-bond donors (Lipinski definition) is 1. The summed E-state index contributed by atoms with van der Waals surface area (Å²) < 4.78 is 12.8. The Balaban J connectivity index is 0.00000180. The number of carbonyl (C=O) groups is 1. The van der Waals surface area contributed by atoms with Crippen LogP contribution in [0.5, 0.6) is 0 Å². The van der Waals surface area contributed by atoms with Gasteiger partial charge in [-0.05, 0) is 30.9 Å². The summed E-state index contributed by atoms with van der Waals surface area (Å²) in [5, 5.41) is 0. The smallest absolute Gasteiger partial charge is 0.272 e. The van der Waals surface area contributed by atoms with Gasteiger partial charge in [0, 0.05) is 19.1 Å². The summed E-state index contributed by atoms with van der Waals surface area (Å²) in [6.07, 6.45) is 3.13. The van der Waals surface area contributed by atoms with Crippen molar-refractivity contribution in [3.63, 3.8) is 0 Å². The van der Waals surface area contributed by atoms with Crippen LogP contribution in [0.25, 0.3) is 0 Å². The predicted octanol–water partition coefficient (Wildman–Crippen LogP) is 1.84. The van der Waals surface area contributed by atoms with Gasteiger partial charge in [-0.1, -0.05) is 6.92 Å². The van der Waals surface area contributed by atoms with Crippen molar-refractivity contribution in [2.75, 3.05) is 13.1 Å². The molecule has 2 unspecified atom stereocenters. The van der Waals surface area contributed by atoms with Gasteiger partial charge in [0.15, 0.2) is 0 Å². The van der Waals surface area contributed by atoms with Crippen molar-refractivity contribution in [1.29, 1.82) is 0 Å². The maximum Gasteiger partial charge on any atom is 0.272 e. The number of nitrogens with two attached hydrogens (primary N) is 1. The molecule has 19 heavy (non-hydrogen) atoms. The number of hydrogen-bond acceptors (Lipinski definition) is 3. The van der Waals surface area contributed by atoms with Crippen LogP contribution >= 0.6 is 12.4 Å². The average molecular weight is 288 g/mol. The average Bonchev–Trinajstić information content (AvgIpc) is 2.38. The molecule has 6 heteroatoms. The van der Waals surface area contributed by atoms with Gasteiger partial charge >= 0.3 is 0 Å². The fourth-order valence-electron chi connectivity index (χ4n) is 2.51. The van der Waals surface area contributed by atoms with E-state index >= 15 is 0 Å². The highest BCUT2D eigenvalue weighted by Gasteiger charge is 2.31. The lowest BCUT2D eigenvalue weighted by molar-refractivity contribution is 0.0526. The number of halogens is 2. The molecule has 1 amide bonds. The van der Waals surface area contributed by atoms with Crippen molar-refractivity contribution in [2.24, 2.45) is 11.7 Å². The number of nitrogens with zero attached hydrogens (tertiary/aromatic N) is 2. The third-order valence-corrected chi connectivity index (χ3v) is 3.56. The van der Waals surface area contributed by atoms with Crippen LogP contribution in [0, 0.1) is 11.7 Å². The first-order valence-electron chi connectivity index (χ1n) is 6.26. The molecule has 1 aromatic heterocycles. The Morgan fingerprint density at radius 1 is 1.58 bits per heavy atom. The molecular formula is C13H19ClFN3O. The lowest BCUT2D eigenvalue weighted by Crippen LogP contribution is -2.51. The highest BCUT2D eigenvalue weighted by Crippen LogP contribution is 2.23. The van der Waals surface area contributed by atoms with Gasteiger partial charge in [0.2, 0.25) is 0 Å². The van der Waals surface area contributed by atoms with E-state index in [1.165, 1.54) is 12.1 Å². The van der Waals surface area contributed by atoms with Crippen LogP contribution in [-0.4, -0.2) is 34.9 Å². The van der Waals surface area contributed by atoms with E-state index < -0.39 is 5.82 Å². The van der Waals surface area contributed by atoms with Crippen LogP contribution in [0.1, 0.15) is 30.3 Å². The third kappa shape index (κ3) is 3.42. The molecule has 0 aliphatic carbocycles. The molecule has 0 bridgehead atoms. The molecular weight excluding hydrogens is 269 g/mol. The van der Waals surface area contributed by atoms with Crippen LogP contribution in [0.3, 0.4) is 0 Å². The quantitative estimate of drug-likeness (QED) is 0.903. The molecule has 4 nitrogen and oxygen atoms in total. The molecule has 0 aromatic carbocycles. The van der Waals surface area contributed by atoms with Crippen LogP contribution < -0.4 is 5.73 Å². The van der Waals surface area contributed by atoms with E-state index in [9.17, 15) is 9.18 Å².